The summed E-state index contributed by atoms with van der Waals surface area (Å²) in [6.07, 6.45) is 15.8. The summed E-state index contributed by atoms with van der Waals surface area (Å²) in [5, 5.41) is 0. The van der Waals surface area contributed by atoms with Gasteiger partial charge in [0, 0.05) is 0 Å². The molecular formula is C15H29. The summed E-state index contributed by atoms with van der Waals surface area (Å²) >= 11 is 0. The minimum atomic E-state index is 0.763. The van der Waals surface area contributed by atoms with Crippen LogP contribution in [0.3, 0.4) is 0 Å². The Morgan fingerprint density at radius 3 is 2.27 bits per heavy atom. The van der Waals surface area contributed by atoms with Crippen molar-refractivity contribution in [2.75, 3.05) is 0 Å². The Morgan fingerprint density at radius 1 is 1.00 bits per heavy atom. The molecule has 0 bridgehead atoms. The van der Waals surface area contributed by atoms with Crippen molar-refractivity contribution in [2.45, 2.75) is 77.6 Å². The molecule has 0 aliphatic heterocycles. The van der Waals surface area contributed by atoms with E-state index in [2.05, 4.69) is 13.8 Å². The lowest BCUT2D eigenvalue weighted by molar-refractivity contribution is 0.366. The summed E-state index contributed by atoms with van der Waals surface area (Å²) < 4.78 is 0. The van der Waals surface area contributed by atoms with Crippen LogP contribution >= 0.6 is 0 Å². The van der Waals surface area contributed by atoms with Gasteiger partial charge in [-0.3, -0.25) is 0 Å². The Labute approximate surface area is 96.8 Å². The second-order valence-corrected chi connectivity index (χ2v) is 5.36. The molecule has 1 aliphatic carbocycles. The lowest BCUT2D eigenvalue weighted by atomic mass is 9.88. The summed E-state index contributed by atoms with van der Waals surface area (Å²) in [4.78, 5) is 0. The first kappa shape index (κ1) is 13.1. The molecule has 89 valence electrons. The van der Waals surface area contributed by atoms with E-state index in [1.807, 2.05) is 0 Å². The first-order chi connectivity index (χ1) is 7.34. The summed E-state index contributed by atoms with van der Waals surface area (Å²) in [5.41, 5.74) is 0. The van der Waals surface area contributed by atoms with Crippen LogP contribution in [0.25, 0.3) is 0 Å². The van der Waals surface area contributed by atoms with Crippen molar-refractivity contribution in [2.24, 2.45) is 11.8 Å². The van der Waals surface area contributed by atoms with E-state index in [4.69, 9.17) is 0 Å². The van der Waals surface area contributed by atoms with Crippen LogP contribution < -0.4 is 0 Å². The fourth-order valence-electron chi connectivity index (χ4n) is 2.85. The molecule has 1 saturated carbocycles. The average molecular weight is 209 g/mol. The van der Waals surface area contributed by atoms with E-state index in [-0.39, 0.29) is 0 Å². The van der Waals surface area contributed by atoms with Gasteiger partial charge in [-0.2, -0.15) is 0 Å². The highest BCUT2D eigenvalue weighted by Crippen LogP contribution is 2.33. The standard InChI is InChI=1S/C15H29/c1-3-4-5-6-7-8-11-14(2)15-12-9-10-13-15/h14-15H,2-13H2,1H3. The Hall–Kier alpha value is 0. The minimum Gasteiger partial charge on any atom is -0.0654 e. The van der Waals surface area contributed by atoms with Crippen LogP contribution in [0, 0.1) is 18.8 Å². The number of unbranched alkanes of at least 4 members (excludes halogenated alkanes) is 5. The van der Waals surface area contributed by atoms with Crippen LogP contribution in [0.5, 0.6) is 0 Å². The number of hydrogen-bond donors (Lipinski definition) is 0. The third-order valence-corrected chi connectivity index (χ3v) is 3.99. The van der Waals surface area contributed by atoms with Gasteiger partial charge in [-0.1, -0.05) is 77.6 Å². The average Bonchev–Trinajstić information content (AvgIpc) is 2.76. The molecule has 0 aromatic rings. The molecule has 0 N–H and O–H groups in total. The van der Waals surface area contributed by atoms with E-state index in [9.17, 15) is 0 Å². The van der Waals surface area contributed by atoms with Crippen LogP contribution in [-0.2, 0) is 0 Å². The van der Waals surface area contributed by atoms with E-state index in [0.717, 1.165) is 11.8 Å². The zero-order valence-corrected chi connectivity index (χ0v) is 10.6. The molecule has 0 heteroatoms. The summed E-state index contributed by atoms with van der Waals surface area (Å²) in [6.45, 7) is 6.64. The molecule has 0 saturated heterocycles. The van der Waals surface area contributed by atoms with Gasteiger partial charge in [0.1, 0.15) is 0 Å². The molecule has 0 amide bonds. The van der Waals surface area contributed by atoms with Gasteiger partial charge in [-0.15, -0.1) is 0 Å². The predicted molar refractivity (Wildman–Crippen MR) is 68.8 cm³/mol. The van der Waals surface area contributed by atoms with Gasteiger partial charge in [-0.05, 0) is 18.8 Å². The third kappa shape index (κ3) is 5.58. The van der Waals surface area contributed by atoms with Gasteiger partial charge in [-0.25, -0.2) is 0 Å². The van der Waals surface area contributed by atoms with Crippen molar-refractivity contribution in [3.05, 3.63) is 6.92 Å². The Morgan fingerprint density at radius 2 is 1.60 bits per heavy atom. The molecule has 0 nitrogen and oxygen atoms in total. The van der Waals surface area contributed by atoms with Crippen LogP contribution in [0.1, 0.15) is 77.6 Å². The molecule has 1 aliphatic rings. The topological polar surface area (TPSA) is 0 Å². The minimum absolute atomic E-state index is 0.763. The maximum Gasteiger partial charge on any atom is -0.0386 e. The largest absolute Gasteiger partial charge is 0.0654 e. The molecule has 15 heavy (non-hydrogen) atoms. The molecule has 0 aromatic heterocycles. The molecule has 1 rings (SSSR count). The van der Waals surface area contributed by atoms with E-state index >= 15 is 0 Å². The maximum absolute atomic E-state index is 4.35. The van der Waals surface area contributed by atoms with Gasteiger partial charge in [0.05, 0.1) is 0 Å². The van der Waals surface area contributed by atoms with E-state index in [1.54, 1.807) is 0 Å². The quantitative estimate of drug-likeness (QED) is 0.471. The molecule has 1 fully saturated rings. The summed E-state index contributed by atoms with van der Waals surface area (Å²) in [5.74, 6) is 1.74. The Kier molecular flexibility index (Phi) is 7.13. The van der Waals surface area contributed by atoms with Crippen molar-refractivity contribution in [3.63, 3.8) is 0 Å². The van der Waals surface area contributed by atoms with E-state index in [1.165, 1.54) is 70.6 Å². The van der Waals surface area contributed by atoms with Crippen molar-refractivity contribution < 1.29 is 0 Å². The van der Waals surface area contributed by atoms with Gasteiger partial charge in [0.2, 0.25) is 0 Å². The summed E-state index contributed by atoms with van der Waals surface area (Å²) in [6, 6.07) is 0. The highest BCUT2D eigenvalue weighted by molar-refractivity contribution is 4.76. The first-order valence-electron chi connectivity index (χ1n) is 7.17. The van der Waals surface area contributed by atoms with Gasteiger partial charge < -0.3 is 0 Å². The molecule has 1 radical (unpaired) electrons. The van der Waals surface area contributed by atoms with Crippen LogP contribution in [0.4, 0.5) is 0 Å². The lowest BCUT2D eigenvalue weighted by Crippen LogP contribution is -2.07. The molecule has 0 spiro atoms. The molecular weight excluding hydrogens is 180 g/mol. The van der Waals surface area contributed by atoms with Crippen molar-refractivity contribution in [3.8, 4) is 0 Å². The third-order valence-electron chi connectivity index (χ3n) is 3.99. The van der Waals surface area contributed by atoms with Gasteiger partial charge in [0.25, 0.3) is 0 Å². The highest BCUT2D eigenvalue weighted by atomic mass is 14.3. The second kappa shape index (κ2) is 8.19. The molecule has 0 aromatic carbocycles. The Balaban J connectivity index is 1.90. The highest BCUT2D eigenvalue weighted by Gasteiger charge is 2.20. The van der Waals surface area contributed by atoms with Crippen LogP contribution in [0.2, 0.25) is 0 Å². The maximum atomic E-state index is 4.35. The monoisotopic (exact) mass is 209 g/mol. The zero-order valence-electron chi connectivity index (χ0n) is 10.6. The SMILES string of the molecule is [CH2]C(CCCCCCCC)C1CCCC1. The normalized spacial score (nSPS) is 19.6. The Bertz CT molecular complexity index is 133. The first-order valence-corrected chi connectivity index (χ1v) is 7.17. The molecule has 1 unspecified atom stereocenters. The van der Waals surface area contributed by atoms with Crippen LogP contribution in [0.15, 0.2) is 0 Å². The second-order valence-electron chi connectivity index (χ2n) is 5.36. The van der Waals surface area contributed by atoms with Crippen LogP contribution in [-0.4, -0.2) is 0 Å². The van der Waals surface area contributed by atoms with E-state index in [0.29, 0.717) is 0 Å². The number of hydrogen-bond acceptors (Lipinski definition) is 0. The predicted octanol–water partition coefficient (Wildman–Crippen LogP) is 5.38. The number of rotatable bonds is 8. The van der Waals surface area contributed by atoms with Crippen molar-refractivity contribution in [1.82, 2.24) is 0 Å². The van der Waals surface area contributed by atoms with Crippen molar-refractivity contribution >= 4 is 0 Å². The van der Waals surface area contributed by atoms with E-state index < -0.39 is 0 Å². The van der Waals surface area contributed by atoms with Crippen molar-refractivity contribution in [1.29, 1.82) is 0 Å². The fourth-order valence-corrected chi connectivity index (χ4v) is 2.85. The fraction of sp³-hybridized carbons (Fsp3) is 0.933. The molecule has 0 heterocycles. The lowest BCUT2D eigenvalue weighted by Gasteiger charge is -2.18. The molecule has 1 atom stereocenters. The zero-order chi connectivity index (χ0) is 10.9. The smallest absolute Gasteiger partial charge is 0.0386 e. The van der Waals surface area contributed by atoms with Gasteiger partial charge >= 0.3 is 0 Å². The summed E-state index contributed by atoms with van der Waals surface area (Å²) in [7, 11) is 0. The van der Waals surface area contributed by atoms with Gasteiger partial charge in [0.15, 0.2) is 0 Å².